The molecule has 0 spiro atoms. The van der Waals surface area contributed by atoms with E-state index in [0.29, 0.717) is 0 Å². The zero-order chi connectivity index (χ0) is 10.8. The molecule has 0 amide bonds. The molecule has 78 valence electrons. The van der Waals surface area contributed by atoms with Crippen LogP contribution >= 0.6 is 0 Å². The van der Waals surface area contributed by atoms with Crippen LogP contribution in [0.3, 0.4) is 0 Å². The lowest BCUT2D eigenvalue weighted by molar-refractivity contribution is 0.386. The summed E-state index contributed by atoms with van der Waals surface area (Å²) in [5.74, 6) is 1.90. The SMILES string of the molecule is C1=CCC2=CC=C(c3ccccc3)OC2=C1. The van der Waals surface area contributed by atoms with Crippen molar-refractivity contribution in [3.63, 3.8) is 0 Å². The highest BCUT2D eigenvalue weighted by Crippen LogP contribution is 2.31. The summed E-state index contributed by atoms with van der Waals surface area (Å²) in [5, 5.41) is 0. The summed E-state index contributed by atoms with van der Waals surface area (Å²) in [6.45, 7) is 0. The normalized spacial score (nSPS) is 17.9. The molecule has 0 bridgehead atoms. The minimum Gasteiger partial charge on any atom is -0.456 e. The summed E-state index contributed by atoms with van der Waals surface area (Å²) < 4.78 is 5.88. The van der Waals surface area contributed by atoms with Crippen molar-refractivity contribution < 1.29 is 4.74 Å². The third-order valence-corrected chi connectivity index (χ3v) is 2.75. The van der Waals surface area contributed by atoms with Crippen LogP contribution in [-0.2, 0) is 4.74 Å². The number of ether oxygens (including phenoxy) is 1. The summed E-state index contributed by atoms with van der Waals surface area (Å²) in [6, 6.07) is 10.2. The van der Waals surface area contributed by atoms with E-state index in [2.05, 4.69) is 24.3 Å². The molecule has 16 heavy (non-hydrogen) atoms. The van der Waals surface area contributed by atoms with E-state index >= 15 is 0 Å². The highest BCUT2D eigenvalue weighted by Gasteiger charge is 2.15. The van der Waals surface area contributed by atoms with Crippen LogP contribution in [-0.4, -0.2) is 0 Å². The molecule has 0 saturated heterocycles. The van der Waals surface area contributed by atoms with Crippen LogP contribution in [0.25, 0.3) is 5.76 Å². The molecule has 0 fully saturated rings. The van der Waals surface area contributed by atoms with Gasteiger partial charge in [0, 0.05) is 5.56 Å². The van der Waals surface area contributed by atoms with Crippen molar-refractivity contribution in [3.8, 4) is 0 Å². The molecule has 1 aliphatic carbocycles. The predicted octanol–water partition coefficient (Wildman–Crippen LogP) is 3.83. The lowest BCUT2D eigenvalue weighted by Gasteiger charge is -2.20. The maximum atomic E-state index is 5.88. The van der Waals surface area contributed by atoms with Crippen LogP contribution in [0, 0.1) is 0 Å². The second kappa shape index (κ2) is 3.86. The fraction of sp³-hybridized carbons (Fsp3) is 0.0667. The van der Waals surface area contributed by atoms with Crippen molar-refractivity contribution in [1.29, 1.82) is 0 Å². The van der Waals surface area contributed by atoms with Crippen molar-refractivity contribution in [2.75, 3.05) is 0 Å². The van der Waals surface area contributed by atoms with Gasteiger partial charge in [0.25, 0.3) is 0 Å². The predicted molar refractivity (Wildman–Crippen MR) is 65.4 cm³/mol. The van der Waals surface area contributed by atoms with Crippen LogP contribution in [0.5, 0.6) is 0 Å². The number of hydrogen-bond donors (Lipinski definition) is 0. The molecule has 1 aliphatic heterocycles. The van der Waals surface area contributed by atoms with Crippen molar-refractivity contribution in [2.45, 2.75) is 6.42 Å². The lowest BCUT2D eigenvalue weighted by atomic mass is 10.0. The Morgan fingerprint density at radius 1 is 0.875 bits per heavy atom. The van der Waals surface area contributed by atoms with E-state index in [1.54, 1.807) is 0 Å². The molecular weight excluding hydrogens is 196 g/mol. The van der Waals surface area contributed by atoms with Gasteiger partial charge in [0.2, 0.25) is 0 Å². The average molecular weight is 208 g/mol. The molecule has 0 N–H and O–H groups in total. The second-order valence-corrected chi connectivity index (χ2v) is 3.85. The Morgan fingerprint density at radius 2 is 1.75 bits per heavy atom. The standard InChI is InChI=1S/C15H12O/c1-2-6-12(7-3-1)15-11-10-13-8-4-5-9-14(13)16-15/h1-7,9-11H,8H2. The Labute approximate surface area is 95.1 Å². The largest absolute Gasteiger partial charge is 0.456 e. The third-order valence-electron chi connectivity index (χ3n) is 2.75. The number of fused-ring (bicyclic) bond motifs is 1. The lowest BCUT2D eigenvalue weighted by Crippen LogP contribution is -2.02. The van der Waals surface area contributed by atoms with Crippen LogP contribution in [0.1, 0.15) is 12.0 Å². The van der Waals surface area contributed by atoms with Gasteiger partial charge in [-0.2, -0.15) is 0 Å². The van der Waals surface area contributed by atoms with Crippen molar-refractivity contribution in [2.24, 2.45) is 0 Å². The monoisotopic (exact) mass is 208 g/mol. The molecule has 1 aromatic rings. The molecule has 0 unspecified atom stereocenters. The van der Waals surface area contributed by atoms with Gasteiger partial charge in [-0.25, -0.2) is 0 Å². The Kier molecular flexibility index (Phi) is 2.22. The van der Waals surface area contributed by atoms with Gasteiger partial charge in [-0.3, -0.25) is 0 Å². The topological polar surface area (TPSA) is 9.23 Å². The highest BCUT2D eigenvalue weighted by atomic mass is 16.5. The zero-order valence-electron chi connectivity index (χ0n) is 8.89. The highest BCUT2D eigenvalue weighted by molar-refractivity contribution is 5.66. The van der Waals surface area contributed by atoms with Crippen molar-refractivity contribution in [1.82, 2.24) is 0 Å². The number of rotatable bonds is 1. The van der Waals surface area contributed by atoms with Crippen molar-refractivity contribution >= 4 is 5.76 Å². The van der Waals surface area contributed by atoms with E-state index in [1.165, 1.54) is 5.57 Å². The van der Waals surface area contributed by atoms with Gasteiger partial charge in [-0.05, 0) is 24.1 Å². The second-order valence-electron chi connectivity index (χ2n) is 3.85. The molecule has 3 rings (SSSR count). The Hall–Kier alpha value is -2.02. The van der Waals surface area contributed by atoms with E-state index in [4.69, 9.17) is 4.74 Å². The summed E-state index contributed by atoms with van der Waals surface area (Å²) in [7, 11) is 0. The van der Waals surface area contributed by atoms with Gasteiger partial charge >= 0.3 is 0 Å². The smallest absolute Gasteiger partial charge is 0.134 e. The van der Waals surface area contributed by atoms with Gasteiger partial charge in [0.15, 0.2) is 0 Å². The molecule has 1 aromatic carbocycles. The first kappa shape index (κ1) is 9.22. The van der Waals surface area contributed by atoms with Gasteiger partial charge in [-0.1, -0.05) is 48.6 Å². The molecule has 2 aliphatic rings. The minimum absolute atomic E-state index is 0.922. The molecule has 1 nitrogen and oxygen atoms in total. The fourth-order valence-corrected chi connectivity index (χ4v) is 1.89. The molecule has 1 heteroatoms. The summed E-state index contributed by atoms with van der Waals surface area (Å²) in [5.41, 5.74) is 2.37. The van der Waals surface area contributed by atoms with Crippen LogP contribution in [0.2, 0.25) is 0 Å². The first-order valence-corrected chi connectivity index (χ1v) is 5.45. The molecule has 0 saturated carbocycles. The van der Waals surface area contributed by atoms with Crippen molar-refractivity contribution in [3.05, 3.63) is 77.6 Å². The maximum Gasteiger partial charge on any atom is 0.134 e. The first-order chi connectivity index (χ1) is 7.93. The zero-order valence-corrected chi connectivity index (χ0v) is 8.89. The van der Waals surface area contributed by atoms with Crippen LogP contribution in [0.15, 0.2) is 72.0 Å². The van der Waals surface area contributed by atoms with Crippen LogP contribution < -0.4 is 0 Å². The van der Waals surface area contributed by atoms with Gasteiger partial charge in [-0.15, -0.1) is 0 Å². The number of benzene rings is 1. The molecule has 0 atom stereocenters. The van der Waals surface area contributed by atoms with Gasteiger partial charge in [0.1, 0.15) is 11.5 Å². The summed E-state index contributed by atoms with van der Waals surface area (Å²) in [6.07, 6.45) is 11.3. The van der Waals surface area contributed by atoms with E-state index < -0.39 is 0 Å². The van der Waals surface area contributed by atoms with Gasteiger partial charge in [0.05, 0.1) is 0 Å². The van der Waals surface area contributed by atoms with Crippen LogP contribution in [0.4, 0.5) is 0 Å². The molecule has 0 radical (unpaired) electrons. The molecule has 1 heterocycles. The van der Waals surface area contributed by atoms with E-state index in [0.717, 1.165) is 23.5 Å². The average Bonchev–Trinajstić information content (AvgIpc) is 2.39. The first-order valence-electron chi connectivity index (χ1n) is 5.45. The maximum absolute atomic E-state index is 5.88. The quantitative estimate of drug-likeness (QED) is 0.681. The van der Waals surface area contributed by atoms with E-state index in [9.17, 15) is 0 Å². The summed E-state index contributed by atoms with van der Waals surface area (Å²) >= 11 is 0. The Morgan fingerprint density at radius 3 is 2.62 bits per heavy atom. The Bertz CT molecular complexity index is 516. The van der Waals surface area contributed by atoms with E-state index in [-0.39, 0.29) is 0 Å². The fourth-order valence-electron chi connectivity index (χ4n) is 1.89. The number of hydrogen-bond acceptors (Lipinski definition) is 1. The molecule has 0 aromatic heterocycles. The summed E-state index contributed by atoms with van der Waals surface area (Å²) in [4.78, 5) is 0. The Balaban J connectivity index is 1.96. The van der Waals surface area contributed by atoms with Gasteiger partial charge < -0.3 is 4.74 Å². The van der Waals surface area contributed by atoms with E-state index in [1.807, 2.05) is 36.4 Å². The number of allylic oxidation sites excluding steroid dienone is 6. The molecular formula is C15H12O. The third kappa shape index (κ3) is 1.61. The minimum atomic E-state index is 0.922.